The van der Waals surface area contributed by atoms with E-state index in [2.05, 4.69) is 10.6 Å². The summed E-state index contributed by atoms with van der Waals surface area (Å²) in [6.45, 7) is 6.99. The fraction of sp³-hybridized carbons (Fsp3) is 0.500. The number of hydrogen-bond donors (Lipinski definition) is 2. The van der Waals surface area contributed by atoms with Gasteiger partial charge in [0.15, 0.2) is 0 Å². The molecule has 1 aliphatic rings. The molecular weight excluding hydrogens is 485 g/mol. The average Bonchev–Trinajstić information content (AvgIpc) is 3.06. The Labute approximate surface area is 211 Å². The number of aryl methyl sites for hydroxylation is 1. The van der Waals surface area contributed by atoms with E-state index < -0.39 is 32.7 Å². The lowest BCUT2D eigenvalue weighted by atomic mass is 9.93. The standard InChI is InChI=1S/C26H34FN3O5S/c1-14(2)21-22(25(32)29-18-9-12-20(27)15(3)13-18)16(4)30(5)23(21)24(31)26(33)28-17-7-10-19(11-8-17)36(6,34)35/h9,12-14,17,19H,7-8,10-11H2,1-6H3,(H,28,33)(H,29,32)/t17-,19+. The van der Waals surface area contributed by atoms with Crippen molar-refractivity contribution >= 4 is 33.1 Å². The van der Waals surface area contributed by atoms with Gasteiger partial charge in [-0.05, 0) is 74.8 Å². The first kappa shape index (κ1) is 27.6. The maximum absolute atomic E-state index is 13.6. The molecule has 0 saturated heterocycles. The van der Waals surface area contributed by atoms with E-state index in [0.29, 0.717) is 53.8 Å². The molecule has 0 atom stereocenters. The van der Waals surface area contributed by atoms with Crippen LogP contribution < -0.4 is 10.6 Å². The molecule has 196 valence electrons. The number of rotatable bonds is 7. The van der Waals surface area contributed by atoms with Gasteiger partial charge in [0, 0.05) is 30.7 Å². The Balaban J connectivity index is 1.85. The van der Waals surface area contributed by atoms with Crippen molar-refractivity contribution in [3.05, 3.63) is 52.1 Å². The molecule has 10 heteroatoms. The lowest BCUT2D eigenvalue weighted by Gasteiger charge is -2.27. The van der Waals surface area contributed by atoms with Crippen LogP contribution in [-0.2, 0) is 21.7 Å². The Kier molecular flexibility index (Phi) is 8.07. The molecule has 0 bridgehead atoms. The fourth-order valence-electron chi connectivity index (χ4n) is 4.86. The molecule has 0 radical (unpaired) electrons. The topological polar surface area (TPSA) is 114 Å². The quantitative estimate of drug-likeness (QED) is 0.427. The number of carbonyl (C=O) groups is 3. The van der Waals surface area contributed by atoms with Crippen LogP contribution in [-0.4, -0.2) is 48.1 Å². The van der Waals surface area contributed by atoms with Crippen LogP contribution in [0.2, 0.25) is 0 Å². The van der Waals surface area contributed by atoms with Crippen LogP contribution in [0, 0.1) is 19.7 Å². The zero-order valence-corrected chi connectivity index (χ0v) is 22.4. The third kappa shape index (κ3) is 5.69. The van der Waals surface area contributed by atoms with Crippen molar-refractivity contribution in [2.75, 3.05) is 11.6 Å². The fourth-order valence-corrected chi connectivity index (χ4v) is 5.99. The summed E-state index contributed by atoms with van der Waals surface area (Å²) >= 11 is 0. The van der Waals surface area contributed by atoms with Gasteiger partial charge in [-0.3, -0.25) is 14.4 Å². The second kappa shape index (κ2) is 10.5. The van der Waals surface area contributed by atoms with Crippen molar-refractivity contribution < 1.29 is 27.2 Å². The van der Waals surface area contributed by atoms with Gasteiger partial charge in [-0.15, -0.1) is 0 Å². The zero-order valence-electron chi connectivity index (χ0n) is 21.6. The van der Waals surface area contributed by atoms with Crippen LogP contribution in [0.1, 0.15) is 83.1 Å². The molecule has 1 aromatic carbocycles. The van der Waals surface area contributed by atoms with Crippen LogP contribution in [0.15, 0.2) is 18.2 Å². The van der Waals surface area contributed by atoms with Crippen molar-refractivity contribution in [2.45, 2.75) is 70.6 Å². The number of benzene rings is 1. The van der Waals surface area contributed by atoms with E-state index in [1.807, 2.05) is 13.8 Å². The minimum Gasteiger partial charge on any atom is -0.346 e. The third-order valence-electron chi connectivity index (χ3n) is 6.98. The molecule has 1 heterocycles. The molecule has 8 nitrogen and oxygen atoms in total. The predicted octanol–water partition coefficient (Wildman–Crippen LogP) is 3.81. The molecule has 0 spiro atoms. The maximum atomic E-state index is 13.6. The zero-order chi connectivity index (χ0) is 26.9. The summed E-state index contributed by atoms with van der Waals surface area (Å²) in [5, 5.41) is 5.11. The Hall–Kier alpha value is -3.01. The Morgan fingerprint density at radius 1 is 1.08 bits per heavy atom. The van der Waals surface area contributed by atoms with E-state index in [1.54, 1.807) is 25.5 Å². The van der Waals surface area contributed by atoms with Crippen LogP contribution in [0.5, 0.6) is 0 Å². The Morgan fingerprint density at radius 2 is 1.69 bits per heavy atom. The van der Waals surface area contributed by atoms with Gasteiger partial charge in [0.1, 0.15) is 15.7 Å². The van der Waals surface area contributed by atoms with Gasteiger partial charge in [0.05, 0.1) is 16.5 Å². The summed E-state index contributed by atoms with van der Waals surface area (Å²) in [4.78, 5) is 39.5. The molecule has 1 aliphatic carbocycles. The Bertz CT molecular complexity index is 1310. The average molecular weight is 520 g/mol. The number of amides is 2. The largest absolute Gasteiger partial charge is 0.346 e. The minimum absolute atomic E-state index is 0.144. The maximum Gasteiger partial charge on any atom is 0.294 e. The van der Waals surface area contributed by atoms with E-state index in [1.165, 1.54) is 24.5 Å². The highest BCUT2D eigenvalue weighted by Crippen LogP contribution is 2.31. The molecule has 2 aromatic rings. The van der Waals surface area contributed by atoms with Crippen LogP contribution in [0.3, 0.4) is 0 Å². The van der Waals surface area contributed by atoms with Crippen molar-refractivity contribution in [2.24, 2.45) is 7.05 Å². The number of ketones is 1. The van der Waals surface area contributed by atoms with Gasteiger partial charge in [-0.1, -0.05) is 13.8 Å². The highest BCUT2D eigenvalue weighted by Gasteiger charge is 2.34. The number of anilines is 1. The van der Waals surface area contributed by atoms with Gasteiger partial charge < -0.3 is 15.2 Å². The first-order valence-electron chi connectivity index (χ1n) is 12.0. The summed E-state index contributed by atoms with van der Waals surface area (Å²) in [6.07, 6.45) is 3.04. The van der Waals surface area contributed by atoms with Crippen LogP contribution in [0.4, 0.5) is 10.1 Å². The van der Waals surface area contributed by atoms with Gasteiger partial charge in [0.2, 0.25) is 0 Å². The summed E-state index contributed by atoms with van der Waals surface area (Å²) in [7, 11) is -1.50. The smallest absolute Gasteiger partial charge is 0.294 e. The summed E-state index contributed by atoms with van der Waals surface area (Å²) < 4.78 is 38.8. The van der Waals surface area contributed by atoms with E-state index >= 15 is 0 Å². The molecule has 1 aromatic heterocycles. The van der Waals surface area contributed by atoms with Gasteiger partial charge in [-0.2, -0.15) is 0 Å². The minimum atomic E-state index is -3.13. The third-order valence-corrected chi connectivity index (χ3v) is 8.66. The predicted molar refractivity (Wildman–Crippen MR) is 137 cm³/mol. The molecule has 0 unspecified atom stereocenters. The van der Waals surface area contributed by atoms with E-state index in [0.717, 1.165) is 0 Å². The van der Waals surface area contributed by atoms with Gasteiger partial charge in [-0.25, -0.2) is 12.8 Å². The van der Waals surface area contributed by atoms with Gasteiger partial charge in [0.25, 0.3) is 17.6 Å². The van der Waals surface area contributed by atoms with Gasteiger partial charge >= 0.3 is 0 Å². The second-order valence-corrected chi connectivity index (χ2v) is 12.3. The summed E-state index contributed by atoms with van der Waals surface area (Å²) in [5.74, 6) is -2.59. The van der Waals surface area contributed by atoms with E-state index in [4.69, 9.17) is 0 Å². The first-order valence-corrected chi connectivity index (χ1v) is 14.0. The highest BCUT2D eigenvalue weighted by molar-refractivity contribution is 7.91. The second-order valence-electron chi connectivity index (χ2n) is 9.96. The molecule has 2 N–H and O–H groups in total. The number of Topliss-reactive ketones (excluding diaryl/α,β-unsaturated/α-hetero) is 1. The molecule has 36 heavy (non-hydrogen) atoms. The molecule has 1 fully saturated rings. The van der Waals surface area contributed by atoms with Crippen molar-refractivity contribution in [1.29, 1.82) is 0 Å². The monoisotopic (exact) mass is 519 g/mol. The number of carbonyl (C=O) groups excluding carboxylic acids is 3. The summed E-state index contributed by atoms with van der Waals surface area (Å²) in [6, 6.07) is 3.98. The number of hydrogen-bond acceptors (Lipinski definition) is 5. The lowest BCUT2D eigenvalue weighted by molar-refractivity contribution is -0.117. The van der Waals surface area contributed by atoms with Crippen LogP contribution >= 0.6 is 0 Å². The number of sulfone groups is 1. The molecule has 0 aliphatic heterocycles. The number of nitrogens with one attached hydrogen (secondary N) is 2. The summed E-state index contributed by atoms with van der Waals surface area (Å²) in [5.41, 5.74) is 2.25. The number of nitrogens with zero attached hydrogens (tertiary/aromatic N) is 1. The SMILES string of the molecule is Cc1cc(NC(=O)c2c(C(C)C)c(C(=O)C(=O)N[C@H]3CC[C@@H](S(C)(=O)=O)CC3)n(C)c2C)ccc1F. The highest BCUT2D eigenvalue weighted by atomic mass is 32.2. The van der Waals surface area contributed by atoms with Crippen LogP contribution in [0.25, 0.3) is 0 Å². The number of aromatic nitrogens is 1. The normalized spacial score (nSPS) is 18.2. The van der Waals surface area contributed by atoms with Crippen molar-refractivity contribution in [1.82, 2.24) is 9.88 Å². The molecule has 1 saturated carbocycles. The molecule has 3 rings (SSSR count). The molecule has 2 amide bonds. The van der Waals surface area contributed by atoms with Crippen molar-refractivity contribution in [3.8, 4) is 0 Å². The molecular formula is C26H34FN3O5S. The first-order chi connectivity index (χ1) is 16.7. The van der Waals surface area contributed by atoms with E-state index in [-0.39, 0.29) is 23.5 Å². The lowest BCUT2D eigenvalue weighted by Crippen LogP contribution is -2.43. The number of halogens is 1. The van der Waals surface area contributed by atoms with Crippen molar-refractivity contribution in [3.63, 3.8) is 0 Å². The Morgan fingerprint density at radius 3 is 2.22 bits per heavy atom. The van der Waals surface area contributed by atoms with E-state index in [9.17, 15) is 27.2 Å².